The molecule has 0 atom stereocenters. The van der Waals surface area contributed by atoms with Gasteiger partial charge < -0.3 is 0 Å². The van der Waals surface area contributed by atoms with Crippen LogP contribution in [-0.4, -0.2) is 10.2 Å². The van der Waals surface area contributed by atoms with Gasteiger partial charge in [0.15, 0.2) is 10.9 Å². The van der Waals surface area contributed by atoms with Crippen LogP contribution in [0.4, 0.5) is 0 Å². The maximum absolute atomic E-state index is 12.0. The summed E-state index contributed by atoms with van der Waals surface area (Å²) in [6.45, 7) is 5.74. The maximum atomic E-state index is 12.0. The van der Waals surface area contributed by atoms with Gasteiger partial charge in [0.2, 0.25) is 0 Å². The smallest absolute Gasteiger partial charge is 0.181 e. The Balaban J connectivity index is 3.07. The Morgan fingerprint density at radius 2 is 2.07 bits per heavy atom. The van der Waals surface area contributed by atoms with Gasteiger partial charge in [-0.3, -0.25) is 4.79 Å². The fraction of sp³-hybridized carbons (Fsp3) is 0.556. The van der Waals surface area contributed by atoms with Crippen LogP contribution in [0, 0.1) is 5.41 Å². The zero-order valence-electron chi connectivity index (χ0n) is 8.23. The standard InChI is InChI=1S/C9H11Cl2NOS/c1-4-9(2,3)7(13)6-5(10)8(11)12-14-6/h4H2,1-3H3. The molecule has 14 heavy (non-hydrogen) atoms. The van der Waals surface area contributed by atoms with Crippen molar-refractivity contribution in [3.63, 3.8) is 0 Å². The van der Waals surface area contributed by atoms with Gasteiger partial charge in [-0.05, 0) is 18.0 Å². The first-order valence-corrected chi connectivity index (χ1v) is 5.78. The van der Waals surface area contributed by atoms with Crippen molar-refractivity contribution in [1.82, 2.24) is 4.37 Å². The third kappa shape index (κ3) is 2.10. The van der Waals surface area contributed by atoms with Crippen LogP contribution in [0.15, 0.2) is 0 Å². The first-order chi connectivity index (χ1) is 6.40. The summed E-state index contributed by atoms with van der Waals surface area (Å²) in [4.78, 5) is 12.4. The average Bonchev–Trinajstić information content (AvgIpc) is 2.47. The van der Waals surface area contributed by atoms with E-state index in [-0.39, 0.29) is 16.0 Å². The molecule has 1 rings (SSSR count). The van der Waals surface area contributed by atoms with Crippen molar-refractivity contribution in [1.29, 1.82) is 0 Å². The van der Waals surface area contributed by atoms with Crippen molar-refractivity contribution in [2.45, 2.75) is 27.2 Å². The van der Waals surface area contributed by atoms with E-state index < -0.39 is 5.41 Å². The van der Waals surface area contributed by atoms with Crippen LogP contribution in [0.5, 0.6) is 0 Å². The highest BCUT2D eigenvalue weighted by Gasteiger charge is 2.30. The molecule has 0 saturated carbocycles. The van der Waals surface area contributed by atoms with E-state index in [1.54, 1.807) is 0 Å². The number of rotatable bonds is 3. The van der Waals surface area contributed by atoms with E-state index in [0.717, 1.165) is 18.0 Å². The van der Waals surface area contributed by atoms with Crippen molar-refractivity contribution in [3.05, 3.63) is 15.1 Å². The summed E-state index contributed by atoms with van der Waals surface area (Å²) in [5.41, 5.74) is -0.403. The molecule has 78 valence electrons. The quantitative estimate of drug-likeness (QED) is 0.759. The molecule has 0 unspecified atom stereocenters. The van der Waals surface area contributed by atoms with Crippen LogP contribution in [0.3, 0.4) is 0 Å². The Morgan fingerprint density at radius 1 is 1.50 bits per heavy atom. The normalized spacial score (nSPS) is 11.8. The highest BCUT2D eigenvalue weighted by molar-refractivity contribution is 7.09. The predicted octanol–water partition coefficient (Wildman–Crippen LogP) is 4.07. The molecule has 5 heteroatoms. The Bertz CT molecular complexity index is 360. The Hall–Kier alpha value is -0.120. The number of hydrogen-bond acceptors (Lipinski definition) is 3. The van der Waals surface area contributed by atoms with Crippen molar-refractivity contribution < 1.29 is 4.79 Å². The van der Waals surface area contributed by atoms with Gasteiger partial charge in [-0.15, -0.1) is 0 Å². The second kappa shape index (κ2) is 4.17. The monoisotopic (exact) mass is 251 g/mol. The third-order valence-electron chi connectivity index (χ3n) is 2.30. The molecular formula is C9H11Cl2NOS. The molecule has 0 aliphatic carbocycles. The lowest BCUT2D eigenvalue weighted by Crippen LogP contribution is -2.22. The van der Waals surface area contributed by atoms with Gasteiger partial charge in [0.05, 0.1) is 0 Å². The number of aromatic nitrogens is 1. The zero-order valence-corrected chi connectivity index (χ0v) is 10.6. The third-order valence-corrected chi connectivity index (χ3v) is 4.10. The predicted molar refractivity (Wildman–Crippen MR) is 60.5 cm³/mol. The fourth-order valence-electron chi connectivity index (χ4n) is 0.869. The minimum absolute atomic E-state index is 0.00870. The molecule has 0 amide bonds. The lowest BCUT2D eigenvalue weighted by Gasteiger charge is -2.19. The van der Waals surface area contributed by atoms with E-state index in [2.05, 4.69) is 4.37 Å². The van der Waals surface area contributed by atoms with Crippen molar-refractivity contribution >= 4 is 40.5 Å². The van der Waals surface area contributed by atoms with E-state index in [0.29, 0.717) is 4.88 Å². The Labute approximate surface area is 97.4 Å². The summed E-state index contributed by atoms with van der Waals surface area (Å²) in [5, 5.41) is 0.495. The van der Waals surface area contributed by atoms with E-state index in [1.807, 2.05) is 20.8 Å². The van der Waals surface area contributed by atoms with Gasteiger partial charge in [-0.1, -0.05) is 44.0 Å². The van der Waals surface area contributed by atoms with Crippen molar-refractivity contribution in [2.24, 2.45) is 5.41 Å². The first-order valence-electron chi connectivity index (χ1n) is 4.25. The van der Waals surface area contributed by atoms with Crippen molar-refractivity contribution in [2.75, 3.05) is 0 Å². The summed E-state index contributed by atoms with van der Waals surface area (Å²) in [6, 6.07) is 0. The number of nitrogens with zero attached hydrogens (tertiary/aromatic N) is 1. The lowest BCUT2D eigenvalue weighted by atomic mass is 9.85. The average molecular weight is 252 g/mol. The second-order valence-corrected chi connectivity index (χ2v) is 5.19. The highest BCUT2D eigenvalue weighted by Crippen LogP contribution is 2.34. The molecule has 0 radical (unpaired) electrons. The van der Waals surface area contributed by atoms with Gasteiger partial charge in [-0.25, -0.2) is 0 Å². The Morgan fingerprint density at radius 3 is 2.43 bits per heavy atom. The SMILES string of the molecule is CCC(C)(C)C(=O)c1snc(Cl)c1Cl. The van der Waals surface area contributed by atoms with Gasteiger partial charge in [-0.2, -0.15) is 4.37 Å². The summed E-state index contributed by atoms with van der Waals surface area (Å²) in [6.07, 6.45) is 0.762. The number of ketones is 1. The van der Waals surface area contributed by atoms with Crippen LogP contribution in [0.1, 0.15) is 36.9 Å². The van der Waals surface area contributed by atoms with Crippen LogP contribution in [0.2, 0.25) is 10.2 Å². The van der Waals surface area contributed by atoms with Gasteiger partial charge in [0.1, 0.15) is 9.90 Å². The molecule has 0 aliphatic heterocycles. The number of carbonyl (C=O) groups is 1. The molecule has 0 N–H and O–H groups in total. The lowest BCUT2D eigenvalue weighted by molar-refractivity contribution is 0.0837. The molecular weight excluding hydrogens is 241 g/mol. The molecule has 1 aromatic rings. The minimum Gasteiger partial charge on any atom is -0.293 e. The minimum atomic E-state index is -0.403. The van der Waals surface area contributed by atoms with Crippen molar-refractivity contribution in [3.8, 4) is 0 Å². The molecule has 1 aromatic heterocycles. The molecule has 2 nitrogen and oxygen atoms in total. The largest absolute Gasteiger partial charge is 0.293 e. The Kier molecular flexibility index (Phi) is 3.56. The molecule has 0 bridgehead atoms. The summed E-state index contributed by atoms with van der Waals surface area (Å²) >= 11 is 12.6. The van der Waals surface area contributed by atoms with Gasteiger partial charge in [0.25, 0.3) is 0 Å². The summed E-state index contributed by atoms with van der Waals surface area (Å²) < 4.78 is 3.84. The van der Waals surface area contributed by atoms with Crippen LogP contribution in [-0.2, 0) is 0 Å². The molecule has 0 aromatic carbocycles. The topological polar surface area (TPSA) is 30.0 Å². The number of Topliss-reactive ketones (excluding diaryl/α,β-unsaturated/α-hetero) is 1. The number of halogens is 2. The maximum Gasteiger partial charge on any atom is 0.181 e. The first kappa shape index (κ1) is 12.0. The highest BCUT2D eigenvalue weighted by atomic mass is 35.5. The second-order valence-electron chi connectivity index (χ2n) is 3.68. The fourth-order valence-corrected chi connectivity index (χ4v) is 2.20. The van der Waals surface area contributed by atoms with E-state index in [9.17, 15) is 4.79 Å². The molecule has 0 spiro atoms. The zero-order chi connectivity index (χ0) is 10.9. The van der Waals surface area contributed by atoms with Crippen LogP contribution < -0.4 is 0 Å². The molecule has 0 fully saturated rings. The molecule has 1 heterocycles. The number of hydrogen-bond donors (Lipinski definition) is 0. The summed E-state index contributed by atoms with van der Waals surface area (Å²) in [5.74, 6) is 0.00870. The van der Waals surface area contributed by atoms with Crippen LogP contribution in [0.25, 0.3) is 0 Å². The molecule has 0 saturated heterocycles. The number of carbonyl (C=O) groups excluding carboxylic acids is 1. The van der Waals surface area contributed by atoms with Gasteiger partial charge >= 0.3 is 0 Å². The molecule has 0 aliphatic rings. The summed E-state index contributed by atoms with van der Waals surface area (Å²) in [7, 11) is 0. The van der Waals surface area contributed by atoms with Crippen LogP contribution >= 0.6 is 34.7 Å². The van der Waals surface area contributed by atoms with E-state index >= 15 is 0 Å². The van der Waals surface area contributed by atoms with E-state index in [1.165, 1.54) is 0 Å². The van der Waals surface area contributed by atoms with Gasteiger partial charge in [0, 0.05) is 5.41 Å². The van der Waals surface area contributed by atoms with E-state index in [4.69, 9.17) is 23.2 Å².